The summed E-state index contributed by atoms with van der Waals surface area (Å²) in [4.78, 5) is 12.1. The predicted octanol–water partition coefficient (Wildman–Crippen LogP) is 1.97. The Morgan fingerprint density at radius 3 is 3.00 bits per heavy atom. The van der Waals surface area contributed by atoms with Gasteiger partial charge in [-0.2, -0.15) is 0 Å². The first kappa shape index (κ1) is 14.5. The van der Waals surface area contributed by atoms with E-state index in [0.717, 1.165) is 31.2 Å². The molecule has 1 aromatic carbocycles. The van der Waals surface area contributed by atoms with Crippen molar-refractivity contribution in [2.75, 3.05) is 13.2 Å². The summed E-state index contributed by atoms with van der Waals surface area (Å²) in [7, 11) is 0. The number of aliphatic hydroxyl groups excluding tert-OH is 1. The molecule has 4 heteroatoms. The molecule has 0 bridgehead atoms. The lowest BCUT2D eigenvalue weighted by molar-refractivity contribution is -0.124. The van der Waals surface area contributed by atoms with Crippen molar-refractivity contribution >= 4 is 5.91 Å². The number of carbonyl (C=O) groups is 1. The third kappa shape index (κ3) is 3.44. The van der Waals surface area contributed by atoms with Crippen molar-refractivity contribution in [3.8, 4) is 0 Å². The summed E-state index contributed by atoms with van der Waals surface area (Å²) in [6.45, 7) is 1.25. The minimum absolute atomic E-state index is 0.0100. The molecule has 114 valence electrons. The number of carbonyl (C=O) groups excluding carboxylic acids is 1. The maximum Gasteiger partial charge on any atom is 0.222 e. The first-order valence-electron chi connectivity index (χ1n) is 7.88. The summed E-state index contributed by atoms with van der Waals surface area (Å²) in [6.07, 6.45) is 3.81. The molecule has 0 saturated heterocycles. The van der Waals surface area contributed by atoms with E-state index in [1.165, 1.54) is 5.56 Å². The lowest BCUT2D eigenvalue weighted by Gasteiger charge is -2.26. The Morgan fingerprint density at radius 2 is 2.19 bits per heavy atom. The third-order valence-corrected chi connectivity index (χ3v) is 4.64. The number of hydrogen-bond acceptors (Lipinski definition) is 3. The molecule has 2 aliphatic rings. The summed E-state index contributed by atoms with van der Waals surface area (Å²) in [5.41, 5.74) is 2.42. The molecule has 3 atom stereocenters. The highest BCUT2D eigenvalue weighted by Crippen LogP contribution is 2.29. The second kappa shape index (κ2) is 6.58. The van der Waals surface area contributed by atoms with Gasteiger partial charge in [-0.15, -0.1) is 0 Å². The average Bonchev–Trinajstić information content (AvgIpc) is 2.91. The average molecular weight is 289 g/mol. The number of ether oxygens (including phenoxy) is 1. The van der Waals surface area contributed by atoms with Crippen LogP contribution in [0, 0.1) is 5.92 Å². The number of hydrogen-bond donors (Lipinski definition) is 2. The summed E-state index contributed by atoms with van der Waals surface area (Å²) in [6, 6.07) is 8.18. The Kier molecular flexibility index (Phi) is 4.56. The van der Waals surface area contributed by atoms with Crippen LogP contribution in [0.15, 0.2) is 24.3 Å². The Bertz CT molecular complexity index is 503. The molecule has 1 heterocycles. The van der Waals surface area contributed by atoms with Crippen LogP contribution in [0.3, 0.4) is 0 Å². The zero-order valence-corrected chi connectivity index (χ0v) is 12.3. The van der Waals surface area contributed by atoms with Crippen LogP contribution < -0.4 is 5.32 Å². The molecule has 0 aromatic heterocycles. The lowest BCUT2D eigenvalue weighted by atomic mass is 9.95. The highest BCUT2D eigenvalue weighted by atomic mass is 16.5. The number of rotatable bonds is 4. The van der Waals surface area contributed by atoms with E-state index in [9.17, 15) is 9.90 Å². The van der Waals surface area contributed by atoms with Crippen LogP contribution in [0.1, 0.15) is 42.9 Å². The number of fused-ring (bicyclic) bond motifs is 1. The first-order valence-corrected chi connectivity index (χ1v) is 7.88. The summed E-state index contributed by atoms with van der Waals surface area (Å²) >= 11 is 0. The Hall–Kier alpha value is -1.39. The molecule has 1 aromatic rings. The van der Waals surface area contributed by atoms with Gasteiger partial charge < -0.3 is 15.2 Å². The van der Waals surface area contributed by atoms with Crippen molar-refractivity contribution in [3.63, 3.8) is 0 Å². The van der Waals surface area contributed by atoms with Crippen molar-refractivity contribution in [1.29, 1.82) is 0 Å². The summed E-state index contributed by atoms with van der Waals surface area (Å²) in [5.74, 6) is 0.226. The largest absolute Gasteiger partial charge is 0.393 e. The summed E-state index contributed by atoms with van der Waals surface area (Å²) < 4.78 is 5.76. The minimum atomic E-state index is -0.253. The molecule has 1 saturated carbocycles. The lowest BCUT2D eigenvalue weighted by Crippen LogP contribution is -2.34. The normalized spacial score (nSPS) is 28.1. The molecule has 1 fully saturated rings. The Balaban J connectivity index is 1.53. The third-order valence-electron chi connectivity index (χ3n) is 4.64. The van der Waals surface area contributed by atoms with Crippen LogP contribution >= 0.6 is 0 Å². The van der Waals surface area contributed by atoms with Gasteiger partial charge in [0.25, 0.3) is 0 Å². The van der Waals surface area contributed by atoms with E-state index < -0.39 is 0 Å². The van der Waals surface area contributed by atoms with Gasteiger partial charge in [-0.1, -0.05) is 30.7 Å². The van der Waals surface area contributed by atoms with E-state index in [2.05, 4.69) is 11.4 Å². The van der Waals surface area contributed by atoms with Gasteiger partial charge in [0, 0.05) is 12.5 Å². The van der Waals surface area contributed by atoms with Crippen LogP contribution in [-0.2, 0) is 16.0 Å². The number of aliphatic hydroxyl groups is 1. The molecule has 3 rings (SSSR count). The van der Waals surface area contributed by atoms with Crippen molar-refractivity contribution < 1.29 is 14.6 Å². The van der Waals surface area contributed by atoms with Gasteiger partial charge in [-0.25, -0.2) is 0 Å². The zero-order chi connectivity index (χ0) is 14.7. The van der Waals surface area contributed by atoms with Gasteiger partial charge in [0.2, 0.25) is 5.91 Å². The van der Waals surface area contributed by atoms with E-state index >= 15 is 0 Å². The van der Waals surface area contributed by atoms with Crippen LogP contribution in [0.2, 0.25) is 0 Å². The van der Waals surface area contributed by atoms with E-state index in [1.807, 2.05) is 18.2 Å². The molecule has 1 aliphatic heterocycles. The minimum Gasteiger partial charge on any atom is -0.393 e. The van der Waals surface area contributed by atoms with Crippen LogP contribution in [0.25, 0.3) is 0 Å². The van der Waals surface area contributed by atoms with E-state index in [-0.39, 0.29) is 24.0 Å². The Labute approximate surface area is 125 Å². The molecule has 4 nitrogen and oxygen atoms in total. The van der Waals surface area contributed by atoms with Gasteiger partial charge in [-0.3, -0.25) is 4.79 Å². The van der Waals surface area contributed by atoms with Gasteiger partial charge in [0.05, 0.1) is 25.2 Å². The highest BCUT2D eigenvalue weighted by molar-refractivity contribution is 5.76. The number of benzene rings is 1. The SMILES string of the molecule is O=C(CC1OCCc2ccccc21)NCC1CCCC1O. The zero-order valence-electron chi connectivity index (χ0n) is 12.3. The van der Waals surface area contributed by atoms with E-state index in [1.54, 1.807) is 0 Å². The quantitative estimate of drug-likeness (QED) is 0.891. The monoisotopic (exact) mass is 289 g/mol. The van der Waals surface area contributed by atoms with Gasteiger partial charge in [0.1, 0.15) is 0 Å². The highest BCUT2D eigenvalue weighted by Gasteiger charge is 2.27. The number of nitrogens with one attached hydrogen (secondary N) is 1. The van der Waals surface area contributed by atoms with E-state index in [4.69, 9.17) is 4.74 Å². The van der Waals surface area contributed by atoms with Gasteiger partial charge in [0.15, 0.2) is 0 Å². The number of amides is 1. The topological polar surface area (TPSA) is 58.6 Å². The van der Waals surface area contributed by atoms with Crippen LogP contribution in [0.4, 0.5) is 0 Å². The van der Waals surface area contributed by atoms with Crippen molar-refractivity contribution in [2.45, 2.75) is 44.3 Å². The van der Waals surface area contributed by atoms with E-state index in [0.29, 0.717) is 19.6 Å². The van der Waals surface area contributed by atoms with Crippen molar-refractivity contribution in [2.24, 2.45) is 5.92 Å². The van der Waals surface area contributed by atoms with Crippen LogP contribution in [-0.4, -0.2) is 30.3 Å². The maximum absolute atomic E-state index is 12.1. The molecule has 2 N–H and O–H groups in total. The molecule has 1 aliphatic carbocycles. The smallest absolute Gasteiger partial charge is 0.222 e. The molecule has 3 unspecified atom stereocenters. The molecular weight excluding hydrogens is 266 g/mol. The van der Waals surface area contributed by atoms with Gasteiger partial charge in [-0.05, 0) is 30.4 Å². The molecule has 1 amide bonds. The predicted molar refractivity (Wildman–Crippen MR) is 79.8 cm³/mol. The Morgan fingerprint density at radius 1 is 1.33 bits per heavy atom. The van der Waals surface area contributed by atoms with Crippen molar-refractivity contribution in [3.05, 3.63) is 35.4 Å². The molecule has 0 spiro atoms. The first-order chi connectivity index (χ1) is 10.2. The fourth-order valence-electron chi connectivity index (χ4n) is 3.39. The molecule has 21 heavy (non-hydrogen) atoms. The second-order valence-corrected chi connectivity index (χ2v) is 6.07. The maximum atomic E-state index is 12.1. The summed E-state index contributed by atoms with van der Waals surface area (Å²) in [5, 5.41) is 12.7. The standard InChI is InChI=1S/C17H23NO3/c19-15-7-3-5-13(15)11-18-17(20)10-16-14-6-2-1-4-12(14)8-9-21-16/h1-2,4,6,13,15-16,19H,3,5,7-11H2,(H,18,20). The fourth-order valence-corrected chi connectivity index (χ4v) is 3.39. The van der Waals surface area contributed by atoms with Crippen LogP contribution in [0.5, 0.6) is 0 Å². The molecule has 0 radical (unpaired) electrons. The fraction of sp³-hybridized carbons (Fsp3) is 0.588. The van der Waals surface area contributed by atoms with Gasteiger partial charge >= 0.3 is 0 Å². The second-order valence-electron chi connectivity index (χ2n) is 6.07. The van der Waals surface area contributed by atoms with Crippen molar-refractivity contribution in [1.82, 2.24) is 5.32 Å². The molecular formula is C17H23NO3.